The van der Waals surface area contributed by atoms with Gasteiger partial charge < -0.3 is 5.32 Å². The minimum absolute atomic E-state index is 0.0633. The molecule has 0 atom stereocenters. The van der Waals surface area contributed by atoms with E-state index < -0.39 is 17.6 Å². The summed E-state index contributed by atoms with van der Waals surface area (Å²) in [5.41, 5.74) is -0.588. The lowest BCUT2D eigenvalue weighted by Crippen LogP contribution is -2.18. The summed E-state index contributed by atoms with van der Waals surface area (Å²) in [7, 11) is 0. The molecule has 0 aliphatic rings. The first-order valence-corrected chi connectivity index (χ1v) is 5.41. The quantitative estimate of drug-likeness (QED) is 0.899. The van der Waals surface area contributed by atoms with Gasteiger partial charge in [0.1, 0.15) is 0 Å². The number of nitrogens with one attached hydrogen (secondary N) is 2. The van der Waals surface area contributed by atoms with Crippen LogP contribution in [0.4, 0.5) is 18.9 Å². The van der Waals surface area contributed by atoms with Crippen molar-refractivity contribution in [2.24, 2.45) is 0 Å². The Morgan fingerprint density at radius 3 is 2.63 bits per heavy atom. The molecule has 1 aromatic carbocycles. The molecule has 0 aliphatic heterocycles. The Balaban J connectivity index is 2.13. The molecule has 1 aromatic heterocycles. The Labute approximate surface area is 106 Å². The van der Waals surface area contributed by atoms with Crippen molar-refractivity contribution < 1.29 is 18.0 Å². The number of carbonyl (C=O) groups is 1. The molecule has 2 N–H and O–H groups in total. The smallest absolute Gasteiger partial charge is 0.325 e. The second kappa shape index (κ2) is 5.13. The molecule has 0 bridgehead atoms. The summed E-state index contributed by atoms with van der Waals surface area (Å²) in [6, 6.07) is 6.42. The van der Waals surface area contributed by atoms with Crippen LogP contribution < -0.4 is 5.32 Å². The van der Waals surface area contributed by atoms with Gasteiger partial charge in [-0.05, 0) is 18.2 Å². The van der Waals surface area contributed by atoms with Crippen LogP contribution in [0.1, 0.15) is 11.3 Å². The maximum Gasteiger partial charge on any atom is 0.418 e. The zero-order valence-electron chi connectivity index (χ0n) is 9.66. The summed E-state index contributed by atoms with van der Waals surface area (Å²) in [5, 5.41) is 8.47. The van der Waals surface area contributed by atoms with Crippen molar-refractivity contribution in [3.63, 3.8) is 0 Å². The summed E-state index contributed by atoms with van der Waals surface area (Å²) in [6.45, 7) is 0. The largest absolute Gasteiger partial charge is 0.418 e. The first kappa shape index (κ1) is 13.1. The van der Waals surface area contributed by atoms with Gasteiger partial charge in [-0.25, -0.2) is 0 Å². The predicted octanol–water partition coefficient (Wildman–Crippen LogP) is 2.61. The van der Waals surface area contributed by atoms with Gasteiger partial charge in [0.25, 0.3) is 0 Å². The van der Waals surface area contributed by atoms with Crippen molar-refractivity contribution in [1.29, 1.82) is 0 Å². The Kier molecular flexibility index (Phi) is 3.55. The predicted molar refractivity (Wildman–Crippen MR) is 62.4 cm³/mol. The van der Waals surface area contributed by atoms with E-state index in [-0.39, 0.29) is 12.1 Å². The average Bonchev–Trinajstić information content (AvgIpc) is 2.81. The van der Waals surface area contributed by atoms with E-state index in [1.165, 1.54) is 24.4 Å². The van der Waals surface area contributed by atoms with Crippen LogP contribution >= 0.6 is 0 Å². The number of carbonyl (C=O) groups excluding carboxylic acids is 1. The lowest BCUT2D eigenvalue weighted by molar-refractivity contribution is -0.137. The van der Waals surface area contributed by atoms with Crippen molar-refractivity contribution in [2.45, 2.75) is 12.6 Å². The van der Waals surface area contributed by atoms with E-state index in [9.17, 15) is 18.0 Å². The Morgan fingerprint density at radius 1 is 1.26 bits per heavy atom. The highest BCUT2D eigenvalue weighted by molar-refractivity contribution is 5.92. The number of alkyl halides is 3. The molecule has 0 fully saturated rings. The molecular weight excluding hydrogens is 259 g/mol. The number of benzene rings is 1. The molecule has 19 heavy (non-hydrogen) atoms. The molecule has 7 heteroatoms. The fraction of sp³-hybridized carbons (Fsp3) is 0.167. The summed E-state index contributed by atoms with van der Waals surface area (Å²) >= 11 is 0. The number of amides is 1. The lowest BCUT2D eigenvalue weighted by atomic mass is 10.1. The number of hydrogen-bond donors (Lipinski definition) is 2. The third kappa shape index (κ3) is 3.34. The van der Waals surface area contributed by atoms with Crippen LogP contribution in [-0.4, -0.2) is 16.1 Å². The van der Waals surface area contributed by atoms with Crippen LogP contribution in [0.3, 0.4) is 0 Å². The molecule has 0 unspecified atom stereocenters. The number of nitrogens with zero attached hydrogens (tertiary/aromatic N) is 1. The average molecular weight is 269 g/mol. The van der Waals surface area contributed by atoms with Gasteiger partial charge >= 0.3 is 6.18 Å². The summed E-state index contributed by atoms with van der Waals surface area (Å²) in [5.74, 6) is -0.541. The number of para-hydroxylation sites is 1. The van der Waals surface area contributed by atoms with E-state index in [0.717, 1.165) is 6.07 Å². The first-order chi connectivity index (χ1) is 8.97. The van der Waals surface area contributed by atoms with Gasteiger partial charge in [0, 0.05) is 11.9 Å². The number of hydrogen-bond acceptors (Lipinski definition) is 2. The molecule has 4 nitrogen and oxygen atoms in total. The monoisotopic (exact) mass is 269 g/mol. The summed E-state index contributed by atoms with van der Waals surface area (Å²) in [4.78, 5) is 11.6. The zero-order valence-corrected chi connectivity index (χ0v) is 9.66. The van der Waals surface area contributed by atoms with Crippen LogP contribution in [0.15, 0.2) is 36.5 Å². The van der Waals surface area contributed by atoms with E-state index in [2.05, 4.69) is 15.5 Å². The number of rotatable bonds is 3. The van der Waals surface area contributed by atoms with Crippen LogP contribution in [0.2, 0.25) is 0 Å². The lowest BCUT2D eigenvalue weighted by Gasteiger charge is -2.13. The molecule has 2 aromatic rings. The van der Waals surface area contributed by atoms with Crippen LogP contribution in [-0.2, 0) is 17.4 Å². The van der Waals surface area contributed by atoms with Crippen molar-refractivity contribution >= 4 is 11.6 Å². The zero-order chi connectivity index (χ0) is 13.9. The highest BCUT2D eigenvalue weighted by atomic mass is 19.4. The minimum Gasteiger partial charge on any atom is -0.325 e. The summed E-state index contributed by atoms with van der Waals surface area (Å²) < 4.78 is 38.1. The molecule has 1 heterocycles. The second-order valence-corrected chi connectivity index (χ2v) is 3.85. The highest BCUT2D eigenvalue weighted by Gasteiger charge is 2.33. The van der Waals surface area contributed by atoms with Gasteiger partial charge in [0.15, 0.2) is 0 Å². The molecule has 0 spiro atoms. The molecule has 0 radical (unpaired) electrons. The van der Waals surface area contributed by atoms with E-state index in [1.54, 1.807) is 6.07 Å². The Bertz CT molecular complexity index is 564. The van der Waals surface area contributed by atoms with Gasteiger partial charge in [-0.2, -0.15) is 18.3 Å². The normalized spacial score (nSPS) is 11.3. The van der Waals surface area contributed by atoms with Crippen molar-refractivity contribution in [1.82, 2.24) is 10.2 Å². The molecule has 1 amide bonds. The molecule has 0 saturated heterocycles. The number of anilines is 1. The third-order valence-corrected chi connectivity index (χ3v) is 2.42. The SMILES string of the molecule is O=C(Cc1ccn[nH]1)Nc1ccccc1C(F)(F)F. The number of aromatic nitrogens is 2. The fourth-order valence-corrected chi connectivity index (χ4v) is 1.59. The Hall–Kier alpha value is -2.31. The van der Waals surface area contributed by atoms with E-state index in [1.807, 2.05) is 0 Å². The van der Waals surface area contributed by atoms with E-state index >= 15 is 0 Å². The maximum atomic E-state index is 12.7. The van der Waals surface area contributed by atoms with Gasteiger partial charge in [-0.1, -0.05) is 12.1 Å². The topological polar surface area (TPSA) is 57.8 Å². The van der Waals surface area contributed by atoms with Gasteiger partial charge in [0.2, 0.25) is 5.91 Å². The molecule has 0 aliphatic carbocycles. The van der Waals surface area contributed by atoms with Crippen molar-refractivity contribution in [3.05, 3.63) is 47.8 Å². The molecule has 100 valence electrons. The molecule has 0 saturated carbocycles. The maximum absolute atomic E-state index is 12.7. The van der Waals surface area contributed by atoms with Crippen molar-refractivity contribution in [3.8, 4) is 0 Å². The van der Waals surface area contributed by atoms with Crippen molar-refractivity contribution in [2.75, 3.05) is 5.32 Å². The number of aromatic amines is 1. The molecule has 2 rings (SSSR count). The van der Waals surface area contributed by atoms with Crippen LogP contribution in [0.25, 0.3) is 0 Å². The Morgan fingerprint density at radius 2 is 2.00 bits per heavy atom. The highest BCUT2D eigenvalue weighted by Crippen LogP contribution is 2.34. The second-order valence-electron chi connectivity index (χ2n) is 3.85. The van der Waals surface area contributed by atoms with Gasteiger partial charge in [-0.15, -0.1) is 0 Å². The number of H-pyrrole nitrogens is 1. The first-order valence-electron chi connectivity index (χ1n) is 5.41. The number of halogens is 3. The standard InChI is InChI=1S/C12H10F3N3O/c13-12(14,15)9-3-1-2-4-10(9)17-11(19)7-8-5-6-16-18-8/h1-6H,7H2,(H,16,18)(H,17,19). The fourth-order valence-electron chi connectivity index (χ4n) is 1.59. The van der Waals surface area contributed by atoms with E-state index in [0.29, 0.717) is 5.69 Å². The molecular formula is C12H10F3N3O. The van der Waals surface area contributed by atoms with Crippen LogP contribution in [0.5, 0.6) is 0 Å². The van der Waals surface area contributed by atoms with Gasteiger partial charge in [0.05, 0.1) is 17.7 Å². The van der Waals surface area contributed by atoms with Crippen LogP contribution in [0, 0.1) is 0 Å². The third-order valence-electron chi connectivity index (χ3n) is 2.42. The summed E-state index contributed by atoms with van der Waals surface area (Å²) in [6.07, 6.45) is -3.10. The van der Waals surface area contributed by atoms with Gasteiger partial charge in [-0.3, -0.25) is 9.89 Å². The van der Waals surface area contributed by atoms with E-state index in [4.69, 9.17) is 0 Å². The minimum atomic E-state index is -4.50.